The molecule has 2 saturated carbocycles. The van der Waals surface area contributed by atoms with Gasteiger partial charge < -0.3 is 25.8 Å². The van der Waals surface area contributed by atoms with E-state index in [2.05, 4.69) is 29.8 Å². The number of carbonyl (C=O) groups excluding carboxylic acids is 2. The highest BCUT2D eigenvalue weighted by molar-refractivity contribution is 5.78. The number of carbonyl (C=O) groups is 2. The van der Waals surface area contributed by atoms with Gasteiger partial charge in [-0.25, -0.2) is 4.79 Å². The van der Waals surface area contributed by atoms with E-state index >= 15 is 0 Å². The highest BCUT2D eigenvalue weighted by Gasteiger charge is 2.53. The van der Waals surface area contributed by atoms with Crippen LogP contribution in [0.15, 0.2) is 24.3 Å². The van der Waals surface area contributed by atoms with Crippen LogP contribution < -0.4 is 20.7 Å². The molecule has 1 aromatic carbocycles. The van der Waals surface area contributed by atoms with Crippen LogP contribution in [0.2, 0.25) is 0 Å². The number of ether oxygens (including phenoxy) is 1. The molecule has 0 aliphatic heterocycles. The van der Waals surface area contributed by atoms with E-state index < -0.39 is 6.10 Å². The van der Waals surface area contributed by atoms with E-state index in [9.17, 15) is 14.7 Å². The molecule has 7 heteroatoms. The van der Waals surface area contributed by atoms with Gasteiger partial charge in [0.2, 0.25) is 5.91 Å². The van der Waals surface area contributed by atoms with Crippen molar-refractivity contribution in [3.05, 3.63) is 29.8 Å². The molecule has 3 rings (SSSR count). The Balaban J connectivity index is 1.67. The monoisotopic (exact) mass is 459 g/mol. The Hall–Kier alpha value is -2.28. The Morgan fingerprint density at radius 3 is 2.61 bits per heavy atom. The smallest absolute Gasteiger partial charge is 0.315 e. The fourth-order valence-corrected chi connectivity index (χ4v) is 6.26. The molecule has 0 heterocycles. The van der Waals surface area contributed by atoms with Gasteiger partial charge in [0, 0.05) is 30.6 Å². The molecule has 4 N–H and O–H groups in total. The molecule has 2 aliphatic rings. The van der Waals surface area contributed by atoms with Gasteiger partial charge in [0.1, 0.15) is 5.75 Å². The highest BCUT2D eigenvalue weighted by Crippen LogP contribution is 2.55. The molecule has 7 nitrogen and oxygen atoms in total. The topological polar surface area (TPSA) is 99.7 Å². The number of nitrogens with one attached hydrogen (secondary N) is 3. The first-order chi connectivity index (χ1) is 15.7. The predicted octanol–water partition coefficient (Wildman–Crippen LogP) is 3.46. The molecule has 1 unspecified atom stereocenters. The third-order valence-corrected chi connectivity index (χ3v) is 8.24. The van der Waals surface area contributed by atoms with Crippen molar-refractivity contribution in [3.8, 4) is 5.75 Å². The first-order valence-electron chi connectivity index (χ1n) is 12.3. The normalized spacial score (nSPS) is 32.2. The summed E-state index contributed by atoms with van der Waals surface area (Å²) >= 11 is 0. The number of hydrogen-bond acceptors (Lipinski definition) is 4. The van der Waals surface area contributed by atoms with E-state index in [4.69, 9.17) is 4.74 Å². The lowest BCUT2D eigenvalue weighted by molar-refractivity contribution is -0.142. The lowest BCUT2D eigenvalue weighted by atomic mass is 9.52. The average molecular weight is 460 g/mol. The van der Waals surface area contributed by atoms with Crippen molar-refractivity contribution < 1.29 is 19.4 Å². The Morgan fingerprint density at radius 2 is 1.91 bits per heavy atom. The summed E-state index contributed by atoms with van der Waals surface area (Å²) in [5.74, 6) is 0.471. The Bertz CT molecular complexity index is 832. The third kappa shape index (κ3) is 5.45. The number of hydrogen-bond donors (Lipinski definition) is 4. The van der Waals surface area contributed by atoms with Crippen molar-refractivity contribution in [2.45, 2.75) is 72.1 Å². The molecule has 0 aromatic heterocycles. The van der Waals surface area contributed by atoms with Crippen molar-refractivity contribution in [1.82, 2.24) is 16.0 Å². The zero-order valence-corrected chi connectivity index (χ0v) is 20.7. The predicted molar refractivity (Wildman–Crippen MR) is 129 cm³/mol. The summed E-state index contributed by atoms with van der Waals surface area (Å²) in [7, 11) is 1.62. The van der Waals surface area contributed by atoms with Crippen molar-refractivity contribution in [2.75, 3.05) is 13.7 Å². The second-order valence-corrected chi connectivity index (χ2v) is 10.2. The van der Waals surface area contributed by atoms with Gasteiger partial charge >= 0.3 is 6.03 Å². The van der Waals surface area contributed by atoms with Crippen LogP contribution in [0, 0.1) is 29.1 Å². The fourth-order valence-electron chi connectivity index (χ4n) is 6.26. The van der Waals surface area contributed by atoms with Crippen LogP contribution in [0.4, 0.5) is 4.79 Å². The van der Waals surface area contributed by atoms with E-state index in [-0.39, 0.29) is 47.1 Å². The lowest BCUT2D eigenvalue weighted by Gasteiger charge is -2.56. The van der Waals surface area contributed by atoms with Gasteiger partial charge in [-0.15, -0.1) is 0 Å². The maximum absolute atomic E-state index is 13.0. The molecule has 0 radical (unpaired) electrons. The van der Waals surface area contributed by atoms with E-state index in [0.717, 1.165) is 37.0 Å². The molecule has 2 aliphatic carbocycles. The zero-order chi connectivity index (χ0) is 24.2. The van der Waals surface area contributed by atoms with Gasteiger partial charge in [0.15, 0.2) is 0 Å². The number of benzene rings is 1. The van der Waals surface area contributed by atoms with Crippen LogP contribution >= 0.6 is 0 Å². The quantitative estimate of drug-likeness (QED) is 0.502. The van der Waals surface area contributed by atoms with Crippen LogP contribution in [0.5, 0.6) is 5.75 Å². The van der Waals surface area contributed by atoms with Gasteiger partial charge in [-0.3, -0.25) is 4.79 Å². The molecule has 0 saturated heterocycles. The van der Waals surface area contributed by atoms with Crippen molar-refractivity contribution in [1.29, 1.82) is 0 Å². The van der Waals surface area contributed by atoms with Gasteiger partial charge in [-0.05, 0) is 61.8 Å². The molecule has 3 amide bonds. The summed E-state index contributed by atoms with van der Waals surface area (Å²) < 4.78 is 5.38. The summed E-state index contributed by atoms with van der Waals surface area (Å²) in [6.45, 7) is 9.20. The molecule has 33 heavy (non-hydrogen) atoms. The number of fused-ring (bicyclic) bond motifs is 1. The third-order valence-electron chi connectivity index (χ3n) is 8.24. The van der Waals surface area contributed by atoms with Crippen LogP contribution in [-0.2, 0) is 11.3 Å². The Morgan fingerprint density at radius 1 is 1.21 bits per heavy atom. The standard InChI is InChI=1S/C26H41N3O4/c1-6-27-25(32)29-20-12-14-26(4)13-11-19(23(30)22(26)17(20)3)16(2)24(31)28-15-18-9-7-8-10-21(18)33-5/h7-10,16-17,19-20,22-23,30H,6,11-15H2,1-5H3,(H,28,31)(H2,27,29,32)/t16-,17+,19?,20-,22+,23-,26-/m0/s1. The summed E-state index contributed by atoms with van der Waals surface area (Å²) in [5, 5.41) is 20.5. The molecular weight excluding hydrogens is 418 g/mol. The minimum absolute atomic E-state index is 0.0257. The largest absolute Gasteiger partial charge is 0.496 e. The molecule has 0 bridgehead atoms. The second-order valence-electron chi connectivity index (χ2n) is 10.2. The van der Waals surface area contributed by atoms with E-state index in [1.807, 2.05) is 38.1 Å². The minimum atomic E-state index is -0.579. The first kappa shape index (κ1) is 25.3. The van der Waals surface area contributed by atoms with Crippen molar-refractivity contribution in [2.24, 2.45) is 29.1 Å². The average Bonchev–Trinajstić information content (AvgIpc) is 2.79. The molecule has 0 spiro atoms. The number of para-hydroxylation sites is 1. The van der Waals surface area contributed by atoms with Crippen LogP contribution in [0.25, 0.3) is 0 Å². The maximum atomic E-state index is 13.0. The van der Waals surface area contributed by atoms with Gasteiger partial charge in [-0.2, -0.15) is 0 Å². The minimum Gasteiger partial charge on any atom is -0.496 e. The van der Waals surface area contributed by atoms with Gasteiger partial charge in [0.25, 0.3) is 0 Å². The van der Waals surface area contributed by atoms with Crippen LogP contribution in [0.1, 0.15) is 58.9 Å². The Kier molecular flexibility index (Phi) is 8.27. The van der Waals surface area contributed by atoms with E-state index in [1.165, 1.54) is 0 Å². The van der Waals surface area contributed by atoms with E-state index in [0.29, 0.717) is 13.1 Å². The SMILES string of the molecule is CCNC(=O)N[C@H]1CC[C@]2(C)CCC([C@H](C)C(=O)NCc3ccccc3OC)[C@H](O)[C@H]2[C@@H]1C. The van der Waals surface area contributed by atoms with Crippen LogP contribution in [0.3, 0.4) is 0 Å². The number of urea groups is 1. The van der Waals surface area contributed by atoms with Crippen molar-refractivity contribution >= 4 is 11.9 Å². The summed E-state index contributed by atoms with van der Waals surface area (Å²) in [6, 6.07) is 7.53. The molecular formula is C26H41N3O4. The number of methoxy groups -OCH3 is 1. The molecule has 1 aromatic rings. The van der Waals surface area contributed by atoms with Gasteiger partial charge in [-0.1, -0.05) is 39.0 Å². The lowest BCUT2D eigenvalue weighted by Crippen LogP contribution is -2.59. The van der Waals surface area contributed by atoms with Crippen molar-refractivity contribution in [3.63, 3.8) is 0 Å². The van der Waals surface area contributed by atoms with Crippen LogP contribution in [-0.4, -0.2) is 42.8 Å². The maximum Gasteiger partial charge on any atom is 0.315 e. The fraction of sp³-hybridized carbons (Fsp3) is 0.692. The summed E-state index contributed by atoms with van der Waals surface area (Å²) in [4.78, 5) is 25.2. The van der Waals surface area contributed by atoms with Gasteiger partial charge in [0.05, 0.1) is 13.2 Å². The molecule has 2 fully saturated rings. The highest BCUT2D eigenvalue weighted by atomic mass is 16.5. The Labute approximate surface area is 198 Å². The summed E-state index contributed by atoms with van der Waals surface area (Å²) in [5.41, 5.74) is 0.958. The second kappa shape index (κ2) is 10.8. The summed E-state index contributed by atoms with van der Waals surface area (Å²) in [6.07, 6.45) is 3.12. The number of rotatable bonds is 7. The number of aliphatic hydroxyl groups excluding tert-OH is 1. The number of aliphatic hydroxyl groups is 1. The van der Waals surface area contributed by atoms with E-state index in [1.54, 1.807) is 7.11 Å². The first-order valence-corrected chi connectivity index (χ1v) is 12.3. The number of amides is 3. The molecule has 184 valence electrons. The zero-order valence-electron chi connectivity index (χ0n) is 20.7. The molecule has 7 atom stereocenters.